The molecule has 0 aromatic rings. The summed E-state index contributed by atoms with van der Waals surface area (Å²) in [5.41, 5.74) is 5.53. The summed E-state index contributed by atoms with van der Waals surface area (Å²) in [4.78, 5) is 13.3. The second kappa shape index (κ2) is 6.76. The molecule has 0 spiro atoms. The van der Waals surface area contributed by atoms with Crippen LogP contribution >= 0.6 is 0 Å². The molecule has 1 aliphatic rings. The van der Waals surface area contributed by atoms with Crippen molar-refractivity contribution < 1.29 is 14.3 Å². The highest BCUT2D eigenvalue weighted by Crippen LogP contribution is 2.15. The SMILES string of the molecule is COCCOCCN1CC(CN)CC1=O. The van der Waals surface area contributed by atoms with Crippen LogP contribution in [0.3, 0.4) is 0 Å². The summed E-state index contributed by atoms with van der Waals surface area (Å²) in [6.45, 7) is 3.79. The van der Waals surface area contributed by atoms with E-state index in [1.807, 2.05) is 4.90 Å². The van der Waals surface area contributed by atoms with E-state index in [1.165, 1.54) is 0 Å². The molecule has 0 saturated carbocycles. The van der Waals surface area contributed by atoms with Gasteiger partial charge in [0, 0.05) is 26.6 Å². The first-order chi connectivity index (χ1) is 7.27. The van der Waals surface area contributed by atoms with Crippen molar-refractivity contribution in [2.24, 2.45) is 11.7 Å². The zero-order valence-electron chi connectivity index (χ0n) is 9.28. The van der Waals surface area contributed by atoms with Crippen molar-refractivity contribution >= 4 is 5.91 Å². The molecule has 1 amide bonds. The first kappa shape index (κ1) is 12.4. The fourth-order valence-electron chi connectivity index (χ4n) is 1.65. The van der Waals surface area contributed by atoms with E-state index in [-0.39, 0.29) is 5.91 Å². The third kappa shape index (κ3) is 4.15. The molecule has 1 rings (SSSR count). The summed E-state index contributed by atoms with van der Waals surface area (Å²) >= 11 is 0. The van der Waals surface area contributed by atoms with Gasteiger partial charge < -0.3 is 20.1 Å². The summed E-state index contributed by atoms with van der Waals surface area (Å²) in [6.07, 6.45) is 0.592. The predicted octanol–water partition coefficient (Wildman–Crippen LogP) is -0.543. The van der Waals surface area contributed by atoms with Crippen LogP contribution < -0.4 is 5.73 Å². The third-order valence-corrected chi connectivity index (χ3v) is 2.57. The average Bonchev–Trinajstić information content (AvgIpc) is 2.59. The summed E-state index contributed by atoms with van der Waals surface area (Å²) in [5.74, 6) is 0.525. The van der Waals surface area contributed by atoms with E-state index in [1.54, 1.807) is 7.11 Å². The highest BCUT2D eigenvalue weighted by molar-refractivity contribution is 5.78. The smallest absolute Gasteiger partial charge is 0.223 e. The van der Waals surface area contributed by atoms with Crippen molar-refractivity contribution in [2.75, 3.05) is 46.6 Å². The number of rotatable bonds is 7. The molecule has 88 valence electrons. The Balaban J connectivity index is 2.08. The Kier molecular flexibility index (Phi) is 5.60. The van der Waals surface area contributed by atoms with Crippen molar-refractivity contribution in [3.63, 3.8) is 0 Å². The van der Waals surface area contributed by atoms with E-state index >= 15 is 0 Å². The summed E-state index contributed by atoms with van der Waals surface area (Å²) < 4.78 is 10.2. The number of nitrogens with two attached hydrogens (primary N) is 1. The number of nitrogens with zero attached hydrogens (tertiary/aromatic N) is 1. The molecule has 1 saturated heterocycles. The van der Waals surface area contributed by atoms with Gasteiger partial charge in [-0.2, -0.15) is 0 Å². The van der Waals surface area contributed by atoms with Gasteiger partial charge in [-0.3, -0.25) is 4.79 Å². The van der Waals surface area contributed by atoms with Crippen LogP contribution in [0.4, 0.5) is 0 Å². The molecule has 15 heavy (non-hydrogen) atoms. The maximum Gasteiger partial charge on any atom is 0.223 e. The lowest BCUT2D eigenvalue weighted by atomic mass is 10.1. The fourth-order valence-corrected chi connectivity index (χ4v) is 1.65. The van der Waals surface area contributed by atoms with Gasteiger partial charge in [0.05, 0.1) is 19.8 Å². The maximum atomic E-state index is 11.5. The van der Waals surface area contributed by atoms with Crippen LogP contribution in [0.1, 0.15) is 6.42 Å². The van der Waals surface area contributed by atoms with Gasteiger partial charge in [0.1, 0.15) is 0 Å². The first-order valence-electron chi connectivity index (χ1n) is 5.32. The Morgan fingerprint density at radius 3 is 2.87 bits per heavy atom. The normalized spacial score (nSPS) is 21.3. The lowest BCUT2D eigenvalue weighted by Gasteiger charge is -2.16. The zero-order chi connectivity index (χ0) is 11.1. The number of carbonyl (C=O) groups excluding carboxylic acids is 1. The van der Waals surface area contributed by atoms with Crippen LogP contribution in [0.25, 0.3) is 0 Å². The van der Waals surface area contributed by atoms with Gasteiger partial charge in [0.15, 0.2) is 0 Å². The highest BCUT2D eigenvalue weighted by atomic mass is 16.5. The minimum absolute atomic E-state index is 0.195. The molecule has 0 aromatic carbocycles. The standard InChI is InChI=1S/C10H20N2O3/c1-14-4-5-15-3-2-12-8-9(7-11)6-10(12)13/h9H,2-8,11H2,1H3. The Morgan fingerprint density at radius 1 is 1.47 bits per heavy atom. The predicted molar refractivity (Wildman–Crippen MR) is 56.4 cm³/mol. The molecule has 0 aromatic heterocycles. The molecule has 1 fully saturated rings. The van der Waals surface area contributed by atoms with Crippen molar-refractivity contribution in [3.05, 3.63) is 0 Å². The molecular weight excluding hydrogens is 196 g/mol. The number of hydrogen-bond acceptors (Lipinski definition) is 4. The molecule has 1 heterocycles. The molecule has 1 unspecified atom stereocenters. The number of likely N-dealkylation sites (tertiary alicyclic amines) is 1. The Bertz CT molecular complexity index is 199. The molecule has 0 bridgehead atoms. The van der Waals surface area contributed by atoms with Gasteiger partial charge >= 0.3 is 0 Å². The lowest BCUT2D eigenvalue weighted by Crippen LogP contribution is -2.30. The van der Waals surface area contributed by atoms with Crippen molar-refractivity contribution in [1.29, 1.82) is 0 Å². The Hall–Kier alpha value is -0.650. The van der Waals surface area contributed by atoms with Gasteiger partial charge in [-0.05, 0) is 12.5 Å². The van der Waals surface area contributed by atoms with Crippen LogP contribution in [0.15, 0.2) is 0 Å². The molecule has 0 aliphatic carbocycles. The molecule has 0 radical (unpaired) electrons. The molecule has 5 heteroatoms. The lowest BCUT2D eigenvalue weighted by molar-refractivity contribution is -0.128. The van der Waals surface area contributed by atoms with Crippen LogP contribution in [0.5, 0.6) is 0 Å². The van der Waals surface area contributed by atoms with Gasteiger partial charge in [0.25, 0.3) is 0 Å². The van der Waals surface area contributed by atoms with Crippen LogP contribution in [0, 0.1) is 5.92 Å². The number of amides is 1. The quantitative estimate of drug-likeness (QED) is 0.580. The fraction of sp³-hybridized carbons (Fsp3) is 0.900. The van der Waals surface area contributed by atoms with Gasteiger partial charge in [-0.1, -0.05) is 0 Å². The number of ether oxygens (including phenoxy) is 2. The van der Waals surface area contributed by atoms with Crippen molar-refractivity contribution in [3.8, 4) is 0 Å². The molecular formula is C10H20N2O3. The van der Waals surface area contributed by atoms with Crippen LogP contribution in [-0.2, 0) is 14.3 Å². The van der Waals surface area contributed by atoms with E-state index in [9.17, 15) is 4.79 Å². The maximum absolute atomic E-state index is 11.5. The molecule has 1 aliphatic heterocycles. The molecule has 2 N–H and O–H groups in total. The minimum atomic E-state index is 0.195. The summed E-state index contributed by atoms with van der Waals surface area (Å²) in [5, 5.41) is 0. The largest absolute Gasteiger partial charge is 0.382 e. The van der Waals surface area contributed by atoms with E-state index in [2.05, 4.69) is 0 Å². The van der Waals surface area contributed by atoms with Crippen molar-refractivity contribution in [2.45, 2.75) is 6.42 Å². The van der Waals surface area contributed by atoms with E-state index < -0.39 is 0 Å². The van der Waals surface area contributed by atoms with E-state index in [0.29, 0.717) is 45.2 Å². The Morgan fingerprint density at radius 2 is 2.27 bits per heavy atom. The second-order valence-electron chi connectivity index (χ2n) is 3.75. The number of carbonyl (C=O) groups is 1. The van der Waals surface area contributed by atoms with Gasteiger partial charge in [-0.25, -0.2) is 0 Å². The third-order valence-electron chi connectivity index (χ3n) is 2.57. The monoisotopic (exact) mass is 216 g/mol. The minimum Gasteiger partial charge on any atom is -0.382 e. The van der Waals surface area contributed by atoms with Gasteiger partial charge in [0.2, 0.25) is 5.91 Å². The van der Waals surface area contributed by atoms with Crippen LogP contribution in [0.2, 0.25) is 0 Å². The highest BCUT2D eigenvalue weighted by Gasteiger charge is 2.27. The summed E-state index contributed by atoms with van der Waals surface area (Å²) in [7, 11) is 1.64. The topological polar surface area (TPSA) is 64.8 Å². The average molecular weight is 216 g/mol. The van der Waals surface area contributed by atoms with Crippen molar-refractivity contribution in [1.82, 2.24) is 4.90 Å². The molecule has 5 nitrogen and oxygen atoms in total. The van der Waals surface area contributed by atoms with E-state index in [4.69, 9.17) is 15.2 Å². The summed E-state index contributed by atoms with van der Waals surface area (Å²) in [6, 6.07) is 0. The van der Waals surface area contributed by atoms with Gasteiger partial charge in [-0.15, -0.1) is 0 Å². The number of hydrogen-bond donors (Lipinski definition) is 1. The second-order valence-corrected chi connectivity index (χ2v) is 3.75. The van der Waals surface area contributed by atoms with Crippen LogP contribution in [-0.4, -0.2) is 57.4 Å². The Labute approximate surface area is 90.5 Å². The first-order valence-corrected chi connectivity index (χ1v) is 5.32. The van der Waals surface area contributed by atoms with E-state index in [0.717, 1.165) is 6.54 Å². The zero-order valence-corrected chi connectivity index (χ0v) is 9.28. The molecule has 1 atom stereocenters. The number of methoxy groups -OCH3 is 1.